The maximum atomic E-state index is 12.7. The number of nitrogens with zero attached hydrogens (tertiary/aromatic N) is 2. The van der Waals surface area contributed by atoms with E-state index in [4.69, 9.17) is 0 Å². The van der Waals surface area contributed by atoms with Crippen molar-refractivity contribution >= 4 is 17.9 Å². The second kappa shape index (κ2) is 6.01. The molecule has 0 aromatic heterocycles. The molecular formula is C16H18N2O4. The number of amides is 3. The van der Waals surface area contributed by atoms with Crippen LogP contribution in [0.25, 0.3) is 0 Å². The van der Waals surface area contributed by atoms with E-state index in [-0.39, 0.29) is 19.5 Å². The van der Waals surface area contributed by atoms with Gasteiger partial charge in [-0.3, -0.25) is 19.4 Å². The van der Waals surface area contributed by atoms with Gasteiger partial charge in [0.05, 0.1) is 0 Å². The lowest BCUT2D eigenvalue weighted by molar-refractivity contribution is -0.144. The van der Waals surface area contributed by atoms with Crippen molar-refractivity contribution in [3.8, 4) is 0 Å². The first-order valence-electron chi connectivity index (χ1n) is 6.94. The average Bonchev–Trinajstić information content (AvgIpc) is 2.50. The zero-order chi connectivity index (χ0) is 16.3. The lowest BCUT2D eigenvalue weighted by Gasteiger charge is -2.45. The van der Waals surface area contributed by atoms with Crippen molar-refractivity contribution in [2.24, 2.45) is 0 Å². The first-order chi connectivity index (χ1) is 10.4. The highest BCUT2D eigenvalue weighted by Crippen LogP contribution is 2.28. The Bertz CT molecular complexity index is 614. The van der Waals surface area contributed by atoms with Crippen LogP contribution in [0.1, 0.15) is 23.7 Å². The number of piperazine rings is 1. The Kier molecular flexibility index (Phi) is 4.30. The van der Waals surface area contributed by atoms with Crippen LogP contribution in [-0.2, 0) is 4.79 Å². The summed E-state index contributed by atoms with van der Waals surface area (Å²) in [5.41, 5.74) is -0.906. The van der Waals surface area contributed by atoms with Crippen LogP contribution < -0.4 is 0 Å². The summed E-state index contributed by atoms with van der Waals surface area (Å²) in [4.78, 5) is 38.8. The Morgan fingerprint density at radius 2 is 1.95 bits per heavy atom. The number of carbonyl (C=O) groups excluding carboxylic acids is 2. The third-order valence-corrected chi connectivity index (χ3v) is 3.89. The van der Waals surface area contributed by atoms with Crippen LogP contribution in [0.15, 0.2) is 43.0 Å². The van der Waals surface area contributed by atoms with Crippen molar-refractivity contribution in [2.75, 3.05) is 13.1 Å². The van der Waals surface area contributed by atoms with E-state index in [2.05, 4.69) is 6.58 Å². The van der Waals surface area contributed by atoms with Gasteiger partial charge in [-0.25, -0.2) is 4.79 Å². The smallest absolute Gasteiger partial charge is 0.408 e. The fourth-order valence-corrected chi connectivity index (χ4v) is 2.67. The molecule has 6 heteroatoms. The highest BCUT2D eigenvalue weighted by Gasteiger charge is 2.48. The number of benzene rings is 1. The van der Waals surface area contributed by atoms with E-state index in [1.165, 1.54) is 13.0 Å². The van der Waals surface area contributed by atoms with Crippen molar-refractivity contribution in [3.05, 3.63) is 48.6 Å². The second-order valence-corrected chi connectivity index (χ2v) is 5.33. The van der Waals surface area contributed by atoms with Gasteiger partial charge in [0.2, 0.25) is 0 Å². The van der Waals surface area contributed by atoms with Gasteiger partial charge in [0.15, 0.2) is 0 Å². The monoisotopic (exact) mass is 302 g/mol. The molecule has 1 saturated heterocycles. The minimum absolute atomic E-state index is 0.0472. The van der Waals surface area contributed by atoms with E-state index >= 15 is 0 Å². The molecule has 1 aromatic rings. The van der Waals surface area contributed by atoms with Gasteiger partial charge in [0.1, 0.15) is 5.54 Å². The number of imide groups is 1. The SMILES string of the molecule is C=CC[C@@]1(C)C(=O)N(C(=O)c2ccccc2)CCN1C(=O)O. The number of carbonyl (C=O) groups is 3. The van der Waals surface area contributed by atoms with Gasteiger partial charge in [0.25, 0.3) is 11.8 Å². The molecule has 1 aromatic carbocycles. The molecular weight excluding hydrogens is 284 g/mol. The van der Waals surface area contributed by atoms with Gasteiger partial charge in [0, 0.05) is 18.7 Å². The first-order valence-corrected chi connectivity index (χ1v) is 6.94. The quantitative estimate of drug-likeness (QED) is 0.684. The van der Waals surface area contributed by atoms with Crippen LogP contribution in [-0.4, -0.2) is 51.4 Å². The summed E-state index contributed by atoms with van der Waals surface area (Å²) >= 11 is 0. The lowest BCUT2D eigenvalue weighted by Crippen LogP contribution is -2.66. The van der Waals surface area contributed by atoms with Crippen LogP contribution in [0.2, 0.25) is 0 Å². The minimum atomic E-state index is -1.31. The highest BCUT2D eigenvalue weighted by molar-refractivity contribution is 6.08. The van der Waals surface area contributed by atoms with Crippen LogP contribution >= 0.6 is 0 Å². The highest BCUT2D eigenvalue weighted by atomic mass is 16.4. The maximum Gasteiger partial charge on any atom is 0.408 e. The number of rotatable bonds is 3. The molecule has 1 aliphatic heterocycles. The summed E-state index contributed by atoms with van der Waals surface area (Å²) in [6, 6.07) is 8.47. The van der Waals surface area contributed by atoms with Crippen LogP contribution in [0.3, 0.4) is 0 Å². The van der Waals surface area contributed by atoms with E-state index in [9.17, 15) is 19.5 Å². The summed E-state index contributed by atoms with van der Waals surface area (Å²) in [6.45, 7) is 5.24. The van der Waals surface area contributed by atoms with Crippen molar-refractivity contribution in [2.45, 2.75) is 18.9 Å². The molecule has 22 heavy (non-hydrogen) atoms. The Morgan fingerprint density at radius 3 is 2.50 bits per heavy atom. The Labute approximate surface area is 128 Å². The third kappa shape index (κ3) is 2.59. The van der Waals surface area contributed by atoms with Gasteiger partial charge in [-0.1, -0.05) is 24.3 Å². The fourth-order valence-electron chi connectivity index (χ4n) is 2.67. The summed E-state index contributed by atoms with van der Waals surface area (Å²) < 4.78 is 0. The van der Waals surface area contributed by atoms with Crippen molar-refractivity contribution in [1.82, 2.24) is 9.80 Å². The molecule has 116 valence electrons. The molecule has 0 unspecified atom stereocenters. The van der Waals surface area contributed by atoms with Crippen molar-refractivity contribution in [1.29, 1.82) is 0 Å². The first kappa shape index (κ1) is 15.8. The fraction of sp³-hybridized carbons (Fsp3) is 0.312. The van der Waals surface area contributed by atoms with Crippen molar-refractivity contribution < 1.29 is 19.5 Å². The molecule has 0 radical (unpaired) electrons. The number of hydrogen-bond acceptors (Lipinski definition) is 3. The molecule has 6 nitrogen and oxygen atoms in total. The van der Waals surface area contributed by atoms with Gasteiger partial charge in [-0.2, -0.15) is 0 Å². The van der Waals surface area contributed by atoms with Crippen LogP contribution in [0.5, 0.6) is 0 Å². The summed E-state index contributed by atoms with van der Waals surface area (Å²) in [7, 11) is 0. The minimum Gasteiger partial charge on any atom is -0.465 e. The standard InChI is InChI=1S/C16H18N2O4/c1-3-9-16(2)14(20)17(10-11-18(16)15(21)22)13(19)12-7-5-4-6-8-12/h3-8H,1,9-11H2,2H3,(H,21,22)/t16-/m0/s1. The van der Waals surface area contributed by atoms with Gasteiger partial charge in [-0.05, 0) is 25.5 Å². The number of carboxylic acid groups (broad SMARTS) is 1. The predicted octanol–water partition coefficient (Wildman–Crippen LogP) is 1.98. The predicted molar refractivity (Wildman–Crippen MR) is 80.4 cm³/mol. The Hall–Kier alpha value is -2.63. The van der Waals surface area contributed by atoms with Gasteiger partial charge >= 0.3 is 6.09 Å². The summed E-state index contributed by atoms with van der Waals surface area (Å²) in [6.07, 6.45) is 0.464. The van der Waals surface area contributed by atoms with Gasteiger partial charge in [-0.15, -0.1) is 6.58 Å². The van der Waals surface area contributed by atoms with E-state index in [0.29, 0.717) is 5.56 Å². The summed E-state index contributed by atoms with van der Waals surface area (Å²) in [5.74, 6) is -0.930. The zero-order valence-electron chi connectivity index (χ0n) is 12.4. The van der Waals surface area contributed by atoms with E-state index in [1.807, 2.05) is 0 Å². The lowest BCUT2D eigenvalue weighted by atomic mass is 9.91. The molecule has 0 aliphatic carbocycles. The van der Waals surface area contributed by atoms with Crippen LogP contribution in [0, 0.1) is 0 Å². The summed E-state index contributed by atoms with van der Waals surface area (Å²) in [5, 5.41) is 9.30. The molecule has 1 heterocycles. The van der Waals surface area contributed by atoms with Gasteiger partial charge < -0.3 is 5.11 Å². The average molecular weight is 302 g/mol. The van der Waals surface area contributed by atoms with E-state index in [0.717, 1.165) is 9.80 Å². The molecule has 0 saturated carbocycles. The third-order valence-electron chi connectivity index (χ3n) is 3.89. The zero-order valence-corrected chi connectivity index (χ0v) is 12.4. The molecule has 1 fully saturated rings. The molecule has 1 aliphatic rings. The topological polar surface area (TPSA) is 77.9 Å². The molecule has 3 amide bonds. The number of hydrogen-bond donors (Lipinski definition) is 1. The van der Waals surface area contributed by atoms with Crippen LogP contribution in [0.4, 0.5) is 4.79 Å². The molecule has 1 atom stereocenters. The van der Waals surface area contributed by atoms with E-state index < -0.39 is 23.4 Å². The molecule has 2 rings (SSSR count). The normalized spacial score (nSPS) is 21.6. The Morgan fingerprint density at radius 1 is 1.32 bits per heavy atom. The van der Waals surface area contributed by atoms with E-state index in [1.54, 1.807) is 30.3 Å². The molecule has 1 N–H and O–H groups in total. The maximum absolute atomic E-state index is 12.7. The Balaban J connectivity index is 2.33. The molecule has 0 spiro atoms. The largest absolute Gasteiger partial charge is 0.465 e. The van der Waals surface area contributed by atoms with Crippen molar-refractivity contribution in [3.63, 3.8) is 0 Å². The second-order valence-electron chi connectivity index (χ2n) is 5.33. The molecule has 0 bridgehead atoms.